The van der Waals surface area contributed by atoms with E-state index in [2.05, 4.69) is 12.2 Å². The molecule has 30 heavy (non-hydrogen) atoms. The summed E-state index contributed by atoms with van der Waals surface area (Å²) in [5.41, 5.74) is 0. The van der Waals surface area contributed by atoms with Crippen LogP contribution in [-0.4, -0.2) is 70.6 Å². The first-order valence-corrected chi connectivity index (χ1v) is 12.5. The Morgan fingerprint density at radius 3 is 2.50 bits per heavy atom. The largest absolute Gasteiger partial charge is 0.480 e. The Labute approximate surface area is 185 Å². The van der Waals surface area contributed by atoms with E-state index in [1.165, 1.54) is 30.6 Å². The number of amides is 1. The Kier molecular flexibility index (Phi) is 13.1. The van der Waals surface area contributed by atoms with Crippen molar-refractivity contribution in [2.45, 2.75) is 90.8 Å². The molecule has 0 unspecified atom stereocenters. The second-order valence-corrected chi connectivity index (χ2v) is 9.63. The summed E-state index contributed by atoms with van der Waals surface area (Å²) in [4.78, 5) is 38.2. The van der Waals surface area contributed by atoms with Gasteiger partial charge in [0.2, 0.25) is 5.91 Å². The highest BCUT2D eigenvalue weighted by molar-refractivity contribution is 7.99. The molecule has 0 radical (unpaired) electrons. The zero-order valence-corrected chi connectivity index (χ0v) is 19.8. The Morgan fingerprint density at radius 1 is 1.17 bits per heavy atom. The molecule has 0 aromatic heterocycles. The van der Waals surface area contributed by atoms with Gasteiger partial charge in [-0.15, -0.1) is 0 Å². The van der Waals surface area contributed by atoms with Crippen LogP contribution >= 0.6 is 11.8 Å². The number of thioether (sulfide) groups is 1. The maximum absolute atomic E-state index is 12.8. The van der Waals surface area contributed by atoms with Crippen LogP contribution in [-0.2, 0) is 19.1 Å². The summed E-state index contributed by atoms with van der Waals surface area (Å²) >= 11 is 1.69. The van der Waals surface area contributed by atoms with E-state index in [1.54, 1.807) is 18.7 Å². The zero-order chi connectivity index (χ0) is 22.5. The van der Waals surface area contributed by atoms with Gasteiger partial charge in [-0.1, -0.05) is 46.5 Å². The third-order valence-electron chi connectivity index (χ3n) is 5.16. The molecule has 8 heteroatoms. The molecule has 1 fully saturated rings. The van der Waals surface area contributed by atoms with Crippen molar-refractivity contribution in [3.05, 3.63) is 0 Å². The second-order valence-electron chi connectivity index (χ2n) is 8.48. The number of ether oxygens (including phenoxy) is 1. The first kappa shape index (κ1) is 26.8. The van der Waals surface area contributed by atoms with Gasteiger partial charge in [0.25, 0.3) is 0 Å². The predicted molar refractivity (Wildman–Crippen MR) is 121 cm³/mol. The standard InChI is InChI=1S/C22H40N2O5S/c1-5-6-7-8-9-13-30-15-18(22(28)29-14-16(2)3)23-17(4)20(25)24-12-10-11-19(24)21(26)27/h16-19,23H,5-15H2,1-4H3,(H,26,27)/t17-,18-,19-/m0/s1. The SMILES string of the molecule is CCCCCCCSC[C@H](N[C@@H](C)C(=O)N1CCC[C@H]1C(=O)O)C(=O)OCC(C)C. The van der Waals surface area contributed by atoms with Gasteiger partial charge in [0, 0.05) is 12.3 Å². The molecule has 174 valence electrons. The van der Waals surface area contributed by atoms with E-state index in [9.17, 15) is 19.5 Å². The maximum Gasteiger partial charge on any atom is 0.326 e. The minimum Gasteiger partial charge on any atom is -0.480 e. The van der Waals surface area contributed by atoms with Crippen molar-refractivity contribution < 1.29 is 24.2 Å². The molecule has 1 saturated heterocycles. The smallest absolute Gasteiger partial charge is 0.326 e. The summed E-state index contributed by atoms with van der Waals surface area (Å²) in [6, 6.07) is -2.01. The first-order chi connectivity index (χ1) is 14.3. The number of nitrogens with one attached hydrogen (secondary N) is 1. The topological polar surface area (TPSA) is 95.9 Å². The summed E-state index contributed by atoms with van der Waals surface area (Å²) in [6.07, 6.45) is 7.17. The minimum absolute atomic E-state index is 0.237. The summed E-state index contributed by atoms with van der Waals surface area (Å²) < 4.78 is 5.41. The molecule has 2 N–H and O–H groups in total. The molecule has 0 aromatic rings. The molecule has 7 nitrogen and oxygen atoms in total. The average Bonchev–Trinajstić information content (AvgIpc) is 3.19. The second kappa shape index (κ2) is 14.7. The van der Waals surface area contributed by atoms with Crippen molar-refractivity contribution in [1.29, 1.82) is 0 Å². The Hall–Kier alpha value is -1.28. The van der Waals surface area contributed by atoms with Gasteiger partial charge in [-0.25, -0.2) is 4.79 Å². The molecule has 0 aliphatic carbocycles. The lowest BCUT2D eigenvalue weighted by Crippen LogP contribution is -2.54. The molecule has 1 amide bonds. The van der Waals surface area contributed by atoms with Gasteiger partial charge in [-0.2, -0.15) is 11.8 Å². The number of esters is 1. The van der Waals surface area contributed by atoms with E-state index in [4.69, 9.17) is 4.74 Å². The van der Waals surface area contributed by atoms with Crippen LogP contribution < -0.4 is 5.32 Å². The van der Waals surface area contributed by atoms with Crippen molar-refractivity contribution in [2.75, 3.05) is 24.7 Å². The van der Waals surface area contributed by atoms with Crippen LogP contribution in [0.5, 0.6) is 0 Å². The number of likely N-dealkylation sites (tertiary alicyclic amines) is 1. The molecule has 0 saturated carbocycles. The van der Waals surface area contributed by atoms with Crippen LogP contribution in [0.1, 0.15) is 72.6 Å². The number of aliphatic carboxylic acids is 1. The van der Waals surface area contributed by atoms with Crippen molar-refractivity contribution in [3.8, 4) is 0 Å². The molecule has 3 atom stereocenters. The Morgan fingerprint density at radius 2 is 1.87 bits per heavy atom. The molecule has 0 spiro atoms. The third-order valence-corrected chi connectivity index (χ3v) is 6.31. The van der Waals surface area contributed by atoms with Crippen molar-refractivity contribution >= 4 is 29.6 Å². The molecular weight excluding hydrogens is 404 g/mol. The van der Waals surface area contributed by atoms with Gasteiger partial charge in [-0.05, 0) is 37.9 Å². The fourth-order valence-corrected chi connectivity index (χ4v) is 4.49. The predicted octanol–water partition coefficient (Wildman–Crippen LogP) is 3.31. The molecule has 1 aliphatic rings. The molecule has 1 heterocycles. The van der Waals surface area contributed by atoms with Gasteiger partial charge in [0.05, 0.1) is 12.6 Å². The summed E-state index contributed by atoms with van der Waals surface area (Å²) in [7, 11) is 0. The van der Waals surface area contributed by atoms with Gasteiger partial charge in [0.15, 0.2) is 0 Å². The monoisotopic (exact) mass is 444 g/mol. The number of nitrogens with zero attached hydrogens (tertiary/aromatic N) is 1. The average molecular weight is 445 g/mol. The highest BCUT2D eigenvalue weighted by Gasteiger charge is 2.37. The molecule has 1 aliphatic heterocycles. The number of carbonyl (C=O) groups is 3. The number of carbonyl (C=O) groups excluding carboxylic acids is 2. The maximum atomic E-state index is 12.8. The van der Waals surface area contributed by atoms with Crippen LogP contribution in [0, 0.1) is 5.92 Å². The normalized spacial score (nSPS) is 18.4. The lowest BCUT2D eigenvalue weighted by atomic mass is 10.2. The van der Waals surface area contributed by atoms with E-state index >= 15 is 0 Å². The lowest BCUT2D eigenvalue weighted by Gasteiger charge is -2.28. The van der Waals surface area contributed by atoms with Gasteiger partial charge >= 0.3 is 11.9 Å². The molecule has 1 rings (SSSR count). The molecular formula is C22H40N2O5S. The van der Waals surface area contributed by atoms with E-state index < -0.39 is 24.1 Å². The van der Waals surface area contributed by atoms with E-state index in [-0.39, 0.29) is 17.8 Å². The van der Waals surface area contributed by atoms with Gasteiger partial charge in [-0.3, -0.25) is 14.9 Å². The number of carboxylic acid groups (broad SMARTS) is 1. The van der Waals surface area contributed by atoms with E-state index in [0.29, 0.717) is 31.7 Å². The number of hydrogen-bond acceptors (Lipinski definition) is 6. The number of rotatable bonds is 15. The highest BCUT2D eigenvalue weighted by atomic mass is 32.2. The fourth-order valence-electron chi connectivity index (χ4n) is 3.45. The van der Waals surface area contributed by atoms with Crippen molar-refractivity contribution in [3.63, 3.8) is 0 Å². The first-order valence-electron chi connectivity index (χ1n) is 11.3. The minimum atomic E-state index is -0.973. The quantitative estimate of drug-likeness (QED) is 0.295. The zero-order valence-electron chi connectivity index (χ0n) is 19.0. The fraction of sp³-hybridized carbons (Fsp3) is 0.864. The summed E-state index contributed by atoms with van der Waals surface area (Å²) in [5.74, 6) is 0.143. The van der Waals surface area contributed by atoms with Crippen LogP contribution in [0.15, 0.2) is 0 Å². The highest BCUT2D eigenvalue weighted by Crippen LogP contribution is 2.19. The number of hydrogen-bond donors (Lipinski definition) is 2. The molecule has 0 aromatic carbocycles. The lowest BCUT2D eigenvalue weighted by molar-refractivity contribution is -0.150. The van der Waals surface area contributed by atoms with Crippen molar-refractivity contribution in [2.24, 2.45) is 5.92 Å². The summed E-state index contributed by atoms with van der Waals surface area (Å²) in [6.45, 7) is 8.62. The van der Waals surface area contributed by atoms with Gasteiger partial charge in [0.1, 0.15) is 12.1 Å². The van der Waals surface area contributed by atoms with Crippen LogP contribution in [0.4, 0.5) is 0 Å². The van der Waals surface area contributed by atoms with Crippen LogP contribution in [0.25, 0.3) is 0 Å². The Balaban J connectivity index is 2.60. The van der Waals surface area contributed by atoms with E-state index in [0.717, 1.165) is 12.2 Å². The van der Waals surface area contributed by atoms with Gasteiger partial charge < -0.3 is 14.7 Å². The van der Waals surface area contributed by atoms with Crippen LogP contribution in [0.3, 0.4) is 0 Å². The van der Waals surface area contributed by atoms with Crippen molar-refractivity contribution in [1.82, 2.24) is 10.2 Å². The number of carboxylic acids is 1. The number of unbranched alkanes of at least 4 members (excludes halogenated alkanes) is 4. The summed E-state index contributed by atoms with van der Waals surface area (Å²) in [5, 5.41) is 12.4. The van der Waals surface area contributed by atoms with E-state index in [1.807, 2.05) is 13.8 Å². The Bertz CT molecular complexity index is 544. The van der Waals surface area contributed by atoms with Crippen LogP contribution in [0.2, 0.25) is 0 Å². The third kappa shape index (κ3) is 9.69. The molecule has 0 bridgehead atoms.